The summed E-state index contributed by atoms with van der Waals surface area (Å²) in [6.45, 7) is 1.19. The van der Waals surface area contributed by atoms with Gasteiger partial charge in [-0.3, -0.25) is 9.36 Å². The van der Waals surface area contributed by atoms with E-state index < -0.39 is 60.8 Å². The molecule has 1 aromatic carbocycles. The van der Waals surface area contributed by atoms with Crippen LogP contribution in [0.3, 0.4) is 0 Å². The number of esters is 1. The Hall–Kier alpha value is -2.45. The van der Waals surface area contributed by atoms with E-state index in [9.17, 15) is 19.8 Å². The second-order valence-corrected chi connectivity index (χ2v) is 12.1. The second kappa shape index (κ2) is 11.1. The number of nitrogens with two attached hydrogens (primary N) is 1. The van der Waals surface area contributed by atoms with Crippen molar-refractivity contribution in [3.05, 3.63) is 53.1 Å². The van der Waals surface area contributed by atoms with E-state index in [4.69, 9.17) is 36.1 Å². The van der Waals surface area contributed by atoms with Gasteiger partial charge in [-0.25, -0.2) is 14.3 Å². The van der Waals surface area contributed by atoms with Gasteiger partial charge in [0, 0.05) is 6.20 Å². The van der Waals surface area contributed by atoms with Gasteiger partial charge >= 0.3 is 18.3 Å². The normalized spacial score (nSPS) is 28.0. The number of anilines is 1. The van der Waals surface area contributed by atoms with Crippen molar-refractivity contribution in [3.63, 3.8) is 0 Å². The second-order valence-electron chi connectivity index (χ2n) is 8.94. The molecular formula is C22H30FN4O8PS. The quantitative estimate of drug-likeness (QED) is 0.244. The first-order chi connectivity index (χ1) is 17.2. The molecule has 0 spiro atoms. The minimum atomic E-state index is -3.69. The van der Waals surface area contributed by atoms with Gasteiger partial charge in [0.05, 0.1) is 6.10 Å². The number of hydrogen-bond donors (Lipinski definition) is 4. The fourth-order valence-corrected chi connectivity index (χ4v) is 5.90. The Morgan fingerprint density at radius 2 is 2.00 bits per heavy atom. The zero-order chi connectivity index (χ0) is 27.6. The highest BCUT2D eigenvalue weighted by atomic mass is 32.5. The molecule has 1 fully saturated rings. The minimum absolute atomic E-state index is 0.0933. The molecule has 1 saturated heterocycles. The number of nitrogen functional groups attached to an aromatic ring is 1. The summed E-state index contributed by atoms with van der Waals surface area (Å²) >= 11 is 5.53. The number of carbonyl (C=O) groups excluding carboxylic acids is 1. The molecule has 3 rings (SSSR count). The number of para-hydroxylation sites is 1. The van der Waals surface area contributed by atoms with E-state index >= 15 is 4.39 Å². The van der Waals surface area contributed by atoms with Gasteiger partial charge in [0.15, 0.2) is 6.23 Å². The number of benzene rings is 1. The number of nitrogens with one attached hydrogen (secondary N) is 1. The molecule has 12 nitrogen and oxygen atoms in total. The average molecular weight is 561 g/mol. The maximum atomic E-state index is 16.0. The largest absolute Gasteiger partial charge is 0.462 e. The van der Waals surface area contributed by atoms with Crippen molar-refractivity contribution in [2.45, 2.75) is 63.6 Å². The molecule has 6 atom stereocenters. The first-order valence-electron chi connectivity index (χ1n) is 11.3. The van der Waals surface area contributed by atoms with E-state index in [0.717, 1.165) is 17.7 Å². The van der Waals surface area contributed by atoms with Crippen LogP contribution in [0.1, 0.15) is 33.9 Å². The Morgan fingerprint density at radius 3 is 2.59 bits per heavy atom. The number of aliphatic hydroxyl groups excluding tert-OH is 1. The molecule has 1 aliphatic heterocycles. The van der Waals surface area contributed by atoms with Crippen LogP contribution in [0.2, 0.25) is 0 Å². The molecule has 0 bridgehead atoms. The van der Waals surface area contributed by atoms with Crippen LogP contribution in [0.5, 0.6) is 5.75 Å². The lowest BCUT2D eigenvalue weighted by atomic mass is 9.95. The van der Waals surface area contributed by atoms with Crippen molar-refractivity contribution in [2.75, 3.05) is 12.3 Å². The van der Waals surface area contributed by atoms with Crippen LogP contribution in [0.15, 0.2) is 47.4 Å². The van der Waals surface area contributed by atoms with Crippen molar-refractivity contribution in [3.8, 4) is 5.75 Å². The van der Waals surface area contributed by atoms with E-state index in [-0.39, 0.29) is 11.6 Å². The predicted molar refractivity (Wildman–Crippen MR) is 135 cm³/mol. The summed E-state index contributed by atoms with van der Waals surface area (Å²) in [5.41, 5.74) is 2.27. The number of halogens is 1. The number of aliphatic hydroxyl groups is 2. The average Bonchev–Trinajstić information content (AvgIpc) is 2.98. The minimum Gasteiger partial charge on any atom is -0.462 e. The van der Waals surface area contributed by atoms with E-state index in [1.807, 2.05) is 0 Å². The number of ether oxygens (including phenoxy) is 2. The Kier molecular flexibility index (Phi) is 8.75. The zero-order valence-electron chi connectivity index (χ0n) is 20.6. The molecule has 1 aromatic heterocycles. The molecular weight excluding hydrogens is 530 g/mol. The summed E-state index contributed by atoms with van der Waals surface area (Å²) in [5.74, 6) is -3.50. The van der Waals surface area contributed by atoms with Gasteiger partial charge in [-0.2, -0.15) is 4.98 Å². The predicted octanol–water partition coefficient (Wildman–Crippen LogP) is 1.38. The fourth-order valence-electron chi connectivity index (χ4n) is 3.50. The number of nitrogens with zero attached hydrogens (tertiary/aromatic N) is 2. The summed E-state index contributed by atoms with van der Waals surface area (Å²) in [7, 11) is 0. The summed E-state index contributed by atoms with van der Waals surface area (Å²) in [6.07, 6.45) is -3.11. The van der Waals surface area contributed by atoms with E-state index in [1.165, 1.54) is 13.0 Å². The highest BCUT2D eigenvalue weighted by Gasteiger charge is 2.63. The van der Waals surface area contributed by atoms with Gasteiger partial charge in [0.2, 0.25) is 0 Å². The first kappa shape index (κ1) is 29.1. The van der Waals surface area contributed by atoms with Crippen LogP contribution >= 0.6 is 6.64 Å². The van der Waals surface area contributed by atoms with Gasteiger partial charge in [0.1, 0.15) is 35.9 Å². The van der Waals surface area contributed by atoms with Gasteiger partial charge < -0.3 is 34.5 Å². The lowest BCUT2D eigenvalue weighted by Crippen LogP contribution is -2.50. The number of alkyl halides is 1. The topological polar surface area (TPSA) is 167 Å². The van der Waals surface area contributed by atoms with Crippen molar-refractivity contribution >= 4 is 30.2 Å². The smallest absolute Gasteiger partial charge is 0.351 e. The molecule has 1 aliphatic rings. The summed E-state index contributed by atoms with van der Waals surface area (Å²) in [4.78, 5) is 28.2. The third-order valence-corrected chi connectivity index (χ3v) is 7.81. The van der Waals surface area contributed by atoms with Crippen LogP contribution in [0.25, 0.3) is 0 Å². The molecule has 0 amide bonds. The molecule has 204 valence electrons. The van der Waals surface area contributed by atoms with Crippen LogP contribution in [0, 0.1) is 0 Å². The van der Waals surface area contributed by atoms with Crippen LogP contribution in [-0.4, -0.2) is 62.0 Å². The SMILES string of the molecule is CC(C)OC(=O)[C@@H](C)N[P@](=S)(OC[C@@]1(F)O[C@@H](n2ccc(N)nc2=O)[C@](C)(O)[C@@H]1O)Oc1ccccc1. The van der Waals surface area contributed by atoms with Gasteiger partial charge in [0.25, 0.3) is 5.85 Å². The van der Waals surface area contributed by atoms with E-state index in [1.54, 1.807) is 44.2 Å². The Bertz CT molecular complexity index is 1220. The fraction of sp³-hybridized carbons (Fsp3) is 0.500. The zero-order valence-corrected chi connectivity index (χ0v) is 22.3. The highest BCUT2D eigenvalue weighted by Crippen LogP contribution is 2.50. The summed E-state index contributed by atoms with van der Waals surface area (Å²) < 4.78 is 38.7. The number of rotatable bonds is 10. The molecule has 2 aromatic rings. The van der Waals surface area contributed by atoms with E-state index in [0.29, 0.717) is 0 Å². The summed E-state index contributed by atoms with van der Waals surface area (Å²) in [6, 6.07) is 8.49. The molecule has 0 saturated carbocycles. The van der Waals surface area contributed by atoms with Crippen molar-refractivity contribution in [2.24, 2.45) is 0 Å². The molecule has 37 heavy (non-hydrogen) atoms. The third kappa shape index (κ3) is 6.71. The van der Waals surface area contributed by atoms with Crippen LogP contribution in [0.4, 0.5) is 10.2 Å². The maximum Gasteiger partial charge on any atom is 0.351 e. The summed E-state index contributed by atoms with van der Waals surface area (Å²) in [5, 5.41) is 24.3. The van der Waals surface area contributed by atoms with Gasteiger partial charge in [-0.15, -0.1) is 0 Å². The van der Waals surface area contributed by atoms with Crippen molar-refractivity contribution in [1.29, 1.82) is 0 Å². The molecule has 0 unspecified atom stereocenters. The number of aromatic nitrogens is 2. The van der Waals surface area contributed by atoms with Gasteiger partial charge in [-0.1, -0.05) is 18.2 Å². The first-order valence-corrected chi connectivity index (χ1v) is 13.9. The van der Waals surface area contributed by atoms with Gasteiger partial charge in [-0.05, 0) is 57.7 Å². The number of carbonyl (C=O) groups is 1. The lowest BCUT2D eigenvalue weighted by molar-refractivity contribution is -0.203. The van der Waals surface area contributed by atoms with Crippen molar-refractivity contribution in [1.82, 2.24) is 14.6 Å². The monoisotopic (exact) mass is 560 g/mol. The number of hydrogen-bond acceptors (Lipinski definition) is 11. The Balaban J connectivity index is 1.85. The highest BCUT2D eigenvalue weighted by molar-refractivity contribution is 8.09. The van der Waals surface area contributed by atoms with Crippen LogP contribution in [-0.2, 0) is 30.6 Å². The molecule has 0 radical (unpaired) electrons. The Morgan fingerprint density at radius 1 is 1.35 bits per heavy atom. The van der Waals surface area contributed by atoms with Crippen molar-refractivity contribution < 1.29 is 37.9 Å². The maximum absolute atomic E-state index is 16.0. The molecule has 2 heterocycles. The standard InChI is InChI=1S/C22H30FN4O8PS/c1-13(2)33-17(28)14(3)26-36(37,35-15-8-6-5-7-9-15)32-12-22(23)18(29)21(4,31)19(34-22)27-11-10-16(24)25-20(27)30/h5-11,13-14,18-19,29,31H,12H2,1-4H3,(H,26,37)(H2,24,25,30)/t14-,18+,19-,21-,22-,36+/m1/s1. The molecule has 0 aliphatic carbocycles. The molecule has 5 N–H and O–H groups in total. The molecule has 15 heteroatoms. The lowest BCUT2D eigenvalue weighted by Gasteiger charge is -2.30. The Labute approximate surface area is 217 Å². The van der Waals surface area contributed by atoms with Crippen LogP contribution < -0.4 is 21.0 Å². The van der Waals surface area contributed by atoms with E-state index in [2.05, 4.69) is 10.1 Å². The third-order valence-electron chi connectivity index (χ3n) is 5.33.